The molecule has 0 aliphatic carbocycles. The molecule has 1 aromatic rings. The summed E-state index contributed by atoms with van der Waals surface area (Å²) in [5.41, 5.74) is 1.12. The van der Waals surface area contributed by atoms with Crippen LogP contribution in [-0.2, 0) is 6.42 Å². The predicted octanol–water partition coefficient (Wildman–Crippen LogP) is 1.43. The van der Waals surface area contributed by atoms with Crippen LogP contribution in [0.2, 0.25) is 0 Å². The van der Waals surface area contributed by atoms with E-state index in [0.29, 0.717) is 12.0 Å². The first-order valence-electron chi connectivity index (χ1n) is 7.44. The first-order chi connectivity index (χ1) is 9.49. The fourth-order valence-corrected chi connectivity index (χ4v) is 2.57. The van der Waals surface area contributed by atoms with Crippen LogP contribution in [-0.4, -0.2) is 66.6 Å². The molecular formula is C15H27N5. The Bertz CT molecular complexity index is 446. The number of rotatable bonds is 4. The Hall–Kier alpha value is -1.20. The molecule has 0 amide bonds. The van der Waals surface area contributed by atoms with Crippen molar-refractivity contribution in [2.24, 2.45) is 0 Å². The summed E-state index contributed by atoms with van der Waals surface area (Å²) in [7, 11) is 6.30. The van der Waals surface area contributed by atoms with E-state index >= 15 is 0 Å². The molecule has 5 heteroatoms. The summed E-state index contributed by atoms with van der Waals surface area (Å²) in [6, 6.07) is 2.55. The number of hydrogen-bond donors (Lipinski definition) is 1. The van der Waals surface area contributed by atoms with Gasteiger partial charge in [0.15, 0.2) is 0 Å². The van der Waals surface area contributed by atoms with Crippen LogP contribution in [0, 0.1) is 0 Å². The van der Waals surface area contributed by atoms with Gasteiger partial charge in [0.05, 0.1) is 0 Å². The van der Waals surface area contributed by atoms with Crippen LogP contribution in [0.1, 0.15) is 31.3 Å². The topological polar surface area (TPSA) is 44.3 Å². The molecule has 0 aromatic carbocycles. The number of hydrogen-bond acceptors (Lipinski definition) is 5. The van der Waals surface area contributed by atoms with Crippen molar-refractivity contribution >= 4 is 5.82 Å². The smallest absolute Gasteiger partial charge is 0.132 e. The Morgan fingerprint density at radius 1 is 1.30 bits per heavy atom. The Morgan fingerprint density at radius 3 is 2.70 bits per heavy atom. The quantitative estimate of drug-likeness (QED) is 0.902. The molecule has 0 saturated carbocycles. The van der Waals surface area contributed by atoms with E-state index in [0.717, 1.165) is 43.4 Å². The number of piperazine rings is 1. The van der Waals surface area contributed by atoms with E-state index in [1.807, 2.05) is 13.1 Å². The van der Waals surface area contributed by atoms with E-state index in [1.54, 1.807) is 0 Å². The Balaban J connectivity index is 2.17. The second-order valence-electron chi connectivity index (χ2n) is 6.10. The van der Waals surface area contributed by atoms with Gasteiger partial charge in [0.25, 0.3) is 0 Å². The maximum absolute atomic E-state index is 4.74. The fraction of sp³-hybridized carbons (Fsp3) is 0.733. The van der Waals surface area contributed by atoms with Crippen molar-refractivity contribution in [2.75, 3.05) is 46.1 Å². The Morgan fingerprint density at radius 2 is 2.05 bits per heavy atom. The van der Waals surface area contributed by atoms with Gasteiger partial charge in [-0.2, -0.15) is 0 Å². The molecule has 1 atom stereocenters. The van der Waals surface area contributed by atoms with Gasteiger partial charge in [0.2, 0.25) is 0 Å². The summed E-state index contributed by atoms with van der Waals surface area (Å²) in [5, 5.41) is 3.14. The molecule has 112 valence electrons. The Labute approximate surface area is 122 Å². The molecule has 1 saturated heterocycles. The van der Waals surface area contributed by atoms with Gasteiger partial charge in [-0.25, -0.2) is 9.97 Å². The second-order valence-corrected chi connectivity index (χ2v) is 6.10. The summed E-state index contributed by atoms with van der Waals surface area (Å²) >= 11 is 0. The molecule has 1 N–H and O–H groups in total. The molecule has 1 aromatic heterocycles. The van der Waals surface area contributed by atoms with Crippen LogP contribution in [0.3, 0.4) is 0 Å². The molecule has 0 spiro atoms. The number of aromatic nitrogens is 2. The van der Waals surface area contributed by atoms with Crippen LogP contribution in [0.25, 0.3) is 0 Å². The maximum atomic E-state index is 4.74. The minimum Gasteiger partial charge on any atom is -0.373 e. The fourth-order valence-electron chi connectivity index (χ4n) is 2.57. The monoisotopic (exact) mass is 277 g/mol. The highest BCUT2D eigenvalue weighted by Crippen LogP contribution is 2.17. The molecule has 0 bridgehead atoms. The van der Waals surface area contributed by atoms with E-state index in [4.69, 9.17) is 4.98 Å². The minimum absolute atomic E-state index is 0.426. The van der Waals surface area contributed by atoms with E-state index in [1.165, 1.54) is 0 Å². The molecule has 1 unspecified atom stereocenters. The number of nitrogens with one attached hydrogen (secondary N) is 1. The highest BCUT2D eigenvalue weighted by molar-refractivity contribution is 5.36. The van der Waals surface area contributed by atoms with Gasteiger partial charge in [-0.1, -0.05) is 13.8 Å². The molecular weight excluding hydrogens is 250 g/mol. The molecule has 5 nitrogen and oxygen atoms in total. The van der Waals surface area contributed by atoms with Gasteiger partial charge in [-0.3, -0.25) is 0 Å². The van der Waals surface area contributed by atoms with Crippen molar-refractivity contribution in [3.05, 3.63) is 17.6 Å². The third-order valence-corrected chi connectivity index (χ3v) is 4.04. The van der Waals surface area contributed by atoms with Gasteiger partial charge in [-0.05, 0) is 20.0 Å². The van der Waals surface area contributed by atoms with Gasteiger partial charge >= 0.3 is 0 Å². The first-order valence-corrected chi connectivity index (χ1v) is 7.44. The zero-order valence-corrected chi connectivity index (χ0v) is 13.3. The molecule has 1 aliphatic heterocycles. The van der Waals surface area contributed by atoms with Crippen LogP contribution in [0.5, 0.6) is 0 Å². The molecule has 2 rings (SSSR count). The Kier molecular flexibility index (Phi) is 4.94. The van der Waals surface area contributed by atoms with Crippen molar-refractivity contribution in [1.82, 2.24) is 19.8 Å². The van der Waals surface area contributed by atoms with E-state index < -0.39 is 0 Å². The predicted molar refractivity (Wildman–Crippen MR) is 83.3 cm³/mol. The zero-order valence-electron chi connectivity index (χ0n) is 13.3. The van der Waals surface area contributed by atoms with Crippen LogP contribution in [0.4, 0.5) is 5.82 Å². The highest BCUT2D eigenvalue weighted by Gasteiger charge is 2.23. The van der Waals surface area contributed by atoms with Crippen molar-refractivity contribution in [1.29, 1.82) is 0 Å². The lowest BCUT2D eigenvalue weighted by atomic mass is 10.1. The number of anilines is 1. The molecule has 1 fully saturated rings. The third-order valence-electron chi connectivity index (χ3n) is 4.04. The van der Waals surface area contributed by atoms with Crippen molar-refractivity contribution in [2.45, 2.75) is 32.2 Å². The van der Waals surface area contributed by atoms with Crippen molar-refractivity contribution in [3.63, 3.8) is 0 Å². The van der Waals surface area contributed by atoms with Crippen LogP contribution >= 0.6 is 0 Å². The summed E-state index contributed by atoms with van der Waals surface area (Å²) < 4.78 is 0. The third kappa shape index (κ3) is 3.67. The number of nitrogens with zero attached hydrogens (tertiary/aromatic N) is 4. The lowest BCUT2D eigenvalue weighted by molar-refractivity contribution is 0.113. The van der Waals surface area contributed by atoms with Gasteiger partial charge in [0, 0.05) is 50.9 Å². The summed E-state index contributed by atoms with van der Waals surface area (Å²) in [4.78, 5) is 14.2. The normalized spacial score (nSPS) is 21.4. The van der Waals surface area contributed by atoms with Crippen molar-refractivity contribution < 1.29 is 0 Å². The lowest BCUT2D eigenvalue weighted by Gasteiger charge is -2.37. The summed E-state index contributed by atoms with van der Waals surface area (Å²) in [6.45, 7) is 7.68. The second kappa shape index (κ2) is 6.50. The lowest BCUT2D eigenvalue weighted by Crippen LogP contribution is -2.51. The average Bonchev–Trinajstić information content (AvgIpc) is 2.42. The van der Waals surface area contributed by atoms with Crippen LogP contribution < -0.4 is 5.32 Å². The van der Waals surface area contributed by atoms with Crippen molar-refractivity contribution in [3.8, 4) is 0 Å². The van der Waals surface area contributed by atoms with Gasteiger partial charge in [0.1, 0.15) is 11.6 Å². The SMILES string of the molecule is CNc1cc(C(C)C)nc(CC2CN(C)CCN2C)n1. The number of likely N-dealkylation sites (N-methyl/N-ethyl adjacent to an activating group) is 2. The van der Waals surface area contributed by atoms with Gasteiger partial charge in [-0.15, -0.1) is 0 Å². The van der Waals surface area contributed by atoms with Gasteiger partial charge < -0.3 is 15.1 Å². The molecule has 0 radical (unpaired) electrons. The average molecular weight is 277 g/mol. The molecule has 2 heterocycles. The molecule has 1 aliphatic rings. The maximum Gasteiger partial charge on any atom is 0.132 e. The summed E-state index contributed by atoms with van der Waals surface area (Å²) in [5.74, 6) is 2.30. The summed E-state index contributed by atoms with van der Waals surface area (Å²) in [6.07, 6.45) is 0.913. The van der Waals surface area contributed by atoms with E-state index in [2.05, 4.69) is 48.0 Å². The molecule has 20 heavy (non-hydrogen) atoms. The van der Waals surface area contributed by atoms with Crippen LogP contribution in [0.15, 0.2) is 6.07 Å². The first kappa shape index (κ1) is 15.2. The van der Waals surface area contributed by atoms with E-state index in [9.17, 15) is 0 Å². The minimum atomic E-state index is 0.426. The zero-order chi connectivity index (χ0) is 14.7. The standard InChI is InChI=1S/C15H27N5/c1-11(2)13-9-14(16-3)18-15(17-13)8-12-10-19(4)6-7-20(12)5/h9,11-12H,6-8,10H2,1-5H3,(H,16,17,18). The highest BCUT2D eigenvalue weighted by atomic mass is 15.3. The largest absolute Gasteiger partial charge is 0.373 e. The van der Waals surface area contributed by atoms with E-state index in [-0.39, 0.29) is 0 Å².